The Kier molecular flexibility index (Phi) is 11.3. The number of epoxide rings is 3. The highest BCUT2D eigenvalue weighted by molar-refractivity contribution is 6.60. The van der Waals surface area contributed by atoms with Crippen LogP contribution in [0, 0.1) is 0 Å². The van der Waals surface area contributed by atoms with Gasteiger partial charge in [-0.15, -0.1) is 0 Å². The average molecular weight is 463 g/mol. The summed E-state index contributed by atoms with van der Waals surface area (Å²) in [6.45, 7) is 11.9. The highest BCUT2D eigenvalue weighted by Crippen LogP contribution is 2.46. The molecule has 7 nitrogen and oxygen atoms in total. The number of ether oxygens (including phenoxy) is 6. The molecule has 0 aromatic heterocycles. The van der Waals surface area contributed by atoms with Crippen molar-refractivity contribution >= 4 is 18.8 Å². The fourth-order valence-corrected chi connectivity index (χ4v) is 9.37. The van der Waals surface area contributed by atoms with E-state index in [9.17, 15) is 0 Å². The molecule has 0 aliphatic carbocycles. The highest BCUT2D eigenvalue weighted by atomic mass is 28.3. The van der Waals surface area contributed by atoms with Gasteiger partial charge < -0.3 is 32.5 Å². The Morgan fingerprint density at radius 2 is 1.13 bits per heavy atom. The van der Waals surface area contributed by atoms with E-state index < -0.39 is 18.8 Å². The Hall–Kier alpha value is 0.154. The van der Waals surface area contributed by atoms with E-state index in [0.29, 0.717) is 23.4 Å². The Morgan fingerprint density at radius 1 is 0.767 bits per heavy atom. The third-order valence-corrected chi connectivity index (χ3v) is 12.2. The maximum Gasteiger partial charge on any atom is 0.165 e. The fraction of sp³-hybridized carbons (Fsp3) is 1.00. The molecule has 0 amide bonds. The molecule has 3 aliphatic rings. The third-order valence-electron chi connectivity index (χ3n) is 6.29. The van der Waals surface area contributed by atoms with Crippen LogP contribution in [0.5, 0.6) is 0 Å². The van der Waals surface area contributed by atoms with Crippen LogP contribution in [0.25, 0.3) is 0 Å². The van der Waals surface area contributed by atoms with Gasteiger partial charge in [-0.1, -0.05) is 6.55 Å². The zero-order chi connectivity index (χ0) is 21.1. The summed E-state index contributed by atoms with van der Waals surface area (Å²) in [5.74, 6) is 0. The van der Waals surface area contributed by atoms with E-state index in [2.05, 4.69) is 13.1 Å². The number of rotatable bonds is 21. The monoisotopic (exact) mass is 462 g/mol. The van der Waals surface area contributed by atoms with Gasteiger partial charge >= 0.3 is 0 Å². The average Bonchev–Trinajstić information content (AvgIpc) is 3.58. The minimum Gasteiger partial charge on any atom is -0.463 e. The van der Waals surface area contributed by atoms with Crippen LogP contribution in [-0.2, 0) is 32.5 Å². The Balaban J connectivity index is 1.44. The second kappa shape index (κ2) is 13.6. The van der Waals surface area contributed by atoms with Gasteiger partial charge in [-0.25, -0.2) is 0 Å². The normalized spacial score (nSPS) is 28.0. The van der Waals surface area contributed by atoms with Crippen molar-refractivity contribution in [3.63, 3.8) is 0 Å². The lowest BCUT2D eigenvalue weighted by Gasteiger charge is -2.39. The number of hydrogen-bond acceptors (Lipinski definition) is 7. The molecule has 3 fully saturated rings. The molecule has 0 spiro atoms. The van der Waals surface area contributed by atoms with Crippen molar-refractivity contribution in [1.29, 1.82) is 0 Å². The summed E-state index contributed by atoms with van der Waals surface area (Å²) >= 11 is 0. The van der Waals surface area contributed by atoms with E-state index in [1.807, 2.05) is 0 Å². The topological polar surface area (TPSA) is 74.5 Å². The first-order valence-electron chi connectivity index (χ1n) is 11.9. The molecule has 0 aromatic carbocycles. The highest BCUT2D eigenvalue weighted by Gasteiger charge is 2.37. The molecule has 0 bridgehead atoms. The van der Waals surface area contributed by atoms with Crippen molar-refractivity contribution in [2.75, 3.05) is 59.5 Å². The predicted molar refractivity (Wildman–Crippen MR) is 121 cm³/mol. The van der Waals surface area contributed by atoms with Gasteiger partial charge in [0.2, 0.25) is 0 Å². The van der Waals surface area contributed by atoms with E-state index in [1.165, 1.54) is 19.3 Å². The van der Waals surface area contributed by atoms with Crippen molar-refractivity contribution in [2.24, 2.45) is 0 Å². The lowest BCUT2D eigenvalue weighted by molar-refractivity contribution is 0.0962. The summed E-state index contributed by atoms with van der Waals surface area (Å²) in [4.78, 5) is 0. The molecule has 3 heterocycles. The summed E-state index contributed by atoms with van der Waals surface area (Å²) in [6.07, 6.45) is 7.84. The Morgan fingerprint density at radius 3 is 1.43 bits per heavy atom. The smallest absolute Gasteiger partial charge is 0.165 e. The molecule has 4 atom stereocenters. The van der Waals surface area contributed by atoms with Gasteiger partial charge in [-0.05, 0) is 50.1 Å². The minimum absolute atomic E-state index is 0.293. The summed E-state index contributed by atoms with van der Waals surface area (Å²) < 4.78 is 39.6. The van der Waals surface area contributed by atoms with Gasteiger partial charge in [-0.2, -0.15) is 0 Å². The lowest BCUT2D eigenvalue weighted by atomic mass is 9.91. The van der Waals surface area contributed by atoms with E-state index in [-0.39, 0.29) is 0 Å². The van der Waals surface area contributed by atoms with Crippen LogP contribution >= 0.6 is 0 Å². The molecule has 3 aliphatic heterocycles. The van der Waals surface area contributed by atoms with E-state index in [4.69, 9.17) is 32.5 Å². The van der Waals surface area contributed by atoms with Crippen molar-refractivity contribution in [3.8, 4) is 0 Å². The molecule has 0 aromatic rings. The summed E-state index contributed by atoms with van der Waals surface area (Å²) in [6, 6.07) is 0. The largest absolute Gasteiger partial charge is 0.463 e. The third kappa shape index (κ3) is 10.2. The molecule has 3 saturated heterocycles. The van der Waals surface area contributed by atoms with Crippen LogP contribution in [0.4, 0.5) is 0 Å². The van der Waals surface area contributed by atoms with Crippen LogP contribution < -0.4 is 0 Å². The predicted octanol–water partition coefficient (Wildman–Crippen LogP) is 1.82. The first-order chi connectivity index (χ1) is 14.7. The van der Waals surface area contributed by atoms with Crippen LogP contribution in [-0.4, -0.2) is 96.6 Å². The molecular formula is C21H42O7Si2. The standard InChI is InChI=1S/C21H42O7Si2/c1-29-28-30(2)21(6-3-9-22-12-18-15-25-18,7-4-10-23-13-19-16-26-19)8-5-11-24-14-20-17-27-20/h18-20,30H,3-17,29H2,1-2H3. The summed E-state index contributed by atoms with van der Waals surface area (Å²) in [7, 11) is -1.71. The Labute approximate surface area is 186 Å². The van der Waals surface area contributed by atoms with Crippen molar-refractivity contribution in [3.05, 3.63) is 0 Å². The molecule has 0 radical (unpaired) electrons. The van der Waals surface area contributed by atoms with Crippen LogP contribution in [0.3, 0.4) is 0 Å². The van der Waals surface area contributed by atoms with Gasteiger partial charge in [-0.3, -0.25) is 0 Å². The molecule has 176 valence electrons. The van der Waals surface area contributed by atoms with Crippen molar-refractivity contribution in [2.45, 2.75) is 75.0 Å². The first kappa shape index (κ1) is 24.8. The molecule has 9 heteroatoms. The Bertz CT molecular complexity index is 404. The number of hydrogen-bond donors (Lipinski definition) is 0. The van der Waals surface area contributed by atoms with Crippen molar-refractivity contribution in [1.82, 2.24) is 0 Å². The molecule has 4 unspecified atom stereocenters. The molecule has 0 saturated carbocycles. The quantitative estimate of drug-likeness (QED) is 0.146. The zero-order valence-electron chi connectivity index (χ0n) is 19.0. The molecule has 30 heavy (non-hydrogen) atoms. The minimum atomic E-state index is -1.31. The zero-order valence-corrected chi connectivity index (χ0v) is 21.5. The van der Waals surface area contributed by atoms with Gasteiger partial charge in [0.05, 0.1) is 39.6 Å². The first-order valence-corrected chi connectivity index (χ1v) is 16.1. The SMILES string of the molecule is C[SiH2]O[SiH](C)C(CCCOCC1CO1)(CCCOCC1CO1)CCCOCC1CO1. The molecule has 3 rings (SSSR count). The van der Waals surface area contributed by atoms with E-state index >= 15 is 0 Å². The van der Waals surface area contributed by atoms with Crippen LogP contribution in [0.15, 0.2) is 0 Å². The van der Waals surface area contributed by atoms with Gasteiger partial charge in [0.15, 0.2) is 9.04 Å². The fourth-order valence-electron chi connectivity index (χ4n) is 4.13. The summed E-state index contributed by atoms with van der Waals surface area (Å²) in [5.41, 5.74) is 0. The summed E-state index contributed by atoms with van der Waals surface area (Å²) in [5, 5.41) is 0.293. The molecular weight excluding hydrogens is 420 g/mol. The van der Waals surface area contributed by atoms with Gasteiger partial charge in [0.25, 0.3) is 0 Å². The van der Waals surface area contributed by atoms with E-state index in [1.54, 1.807) is 0 Å². The lowest BCUT2D eigenvalue weighted by Crippen LogP contribution is -2.35. The van der Waals surface area contributed by atoms with Crippen LogP contribution in [0.1, 0.15) is 38.5 Å². The maximum atomic E-state index is 6.42. The maximum absolute atomic E-state index is 6.42. The van der Waals surface area contributed by atoms with Crippen LogP contribution in [0.2, 0.25) is 18.1 Å². The van der Waals surface area contributed by atoms with Gasteiger partial charge in [0.1, 0.15) is 28.1 Å². The van der Waals surface area contributed by atoms with E-state index in [0.717, 1.165) is 78.7 Å². The van der Waals surface area contributed by atoms with Gasteiger partial charge in [0, 0.05) is 19.8 Å². The second-order valence-corrected chi connectivity index (χ2v) is 13.3. The van der Waals surface area contributed by atoms with Crippen molar-refractivity contribution < 1.29 is 32.5 Å². The molecule has 0 N–H and O–H groups in total. The second-order valence-electron chi connectivity index (χ2n) is 8.86.